The molecule has 0 saturated heterocycles. The van der Waals surface area contributed by atoms with Crippen LogP contribution in [0, 0.1) is 6.92 Å². The molecule has 0 unspecified atom stereocenters. The summed E-state index contributed by atoms with van der Waals surface area (Å²) in [6.07, 6.45) is 3.84. The number of hydrogen-bond acceptors (Lipinski definition) is 3. The molecule has 2 atom stereocenters. The van der Waals surface area contributed by atoms with Gasteiger partial charge in [0.25, 0.3) is 0 Å². The fraction of sp³-hybridized carbons (Fsp3) is 0.143. The molecule has 0 fully saturated rings. The summed E-state index contributed by atoms with van der Waals surface area (Å²) in [4.78, 5) is 18.9. The molecule has 4 heteroatoms. The molecule has 1 aliphatic heterocycles. The number of fused-ring (bicyclic) bond motifs is 1. The van der Waals surface area contributed by atoms with Crippen molar-refractivity contribution in [3.8, 4) is 16.9 Å². The van der Waals surface area contributed by atoms with Gasteiger partial charge in [-0.25, -0.2) is 0 Å². The van der Waals surface area contributed by atoms with Gasteiger partial charge in [-0.3, -0.25) is 9.79 Å². The summed E-state index contributed by atoms with van der Waals surface area (Å²) in [7, 11) is 1.65. The molecule has 0 spiro atoms. The lowest BCUT2D eigenvalue weighted by Gasteiger charge is -2.30. The molecule has 4 nitrogen and oxygen atoms in total. The van der Waals surface area contributed by atoms with E-state index in [1.54, 1.807) is 7.11 Å². The molecule has 2 heterocycles. The quantitative estimate of drug-likeness (QED) is 0.368. The van der Waals surface area contributed by atoms with Gasteiger partial charge in [0.2, 0.25) is 0 Å². The smallest absolute Gasteiger partial charge is 0.188 e. The molecular formula is C28H24N2O2. The molecule has 1 aliphatic rings. The summed E-state index contributed by atoms with van der Waals surface area (Å²) in [6.45, 7) is 2.06. The highest BCUT2D eigenvalue weighted by molar-refractivity contribution is 6.06. The summed E-state index contributed by atoms with van der Waals surface area (Å²) < 4.78 is 7.34. The predicted octanol–water partition coefficient (Wildman–Crippen LogP) is 6.07. The molecule has 158 valence electrons. The van der Waals surface area contributed by atoms with Gasteiger partial charge in [0.05, 0.1) is 12.8 Å². The van der Waals surface area contributed by atoms with Gasteiger partial charge in [-0.15, -0.1) is 0 Å². The maximum Gasteiger partial charge on any atom is 0.188 e. The average molecular weight is 421 g/mol. The Balaban J connectivity index is 1.60. The van der Waals surface area contributed by atoms with E-state index < -0.39 is 6.04 Å². The molecule has 0 bridgehead atoms. The van der Waals surface area contributed by atoms with Crippen LogP contribution >= 0.6 is 0 Å². The van der Waals surface area contributed by atoms with Crippen molar-refractivity contribution in [1.29, 1.82) is 0 Å². The average Bonchev–Trinajstić information content (AvgIpc) is 3.32. The zero-order valence-corrected chi connectivity index (χ0v) is 18.1. The zero-order valence-electron chi connectivity index (χ0n) is 18.1. The first kappa shape index (κ1) is 20.0. The van der Waals surface area contributed by atoms with Crippen molar-refractivity contribution in [3.63, 3.8) is 0 Å². The number of Topliss-reactive ketones (excluding diaryl/α,β-unsaturated/α-hetero) is 1. The van der Waals surface area contributed by atoms with E-state index in [1.165, 1.54) is 5.56 Å². The third-order valence-electron chi connectivity index (χ3n) is 6.06. The molecule has 32 heavy (non-hydrogen) atoms. The van der Waals surface area contributed by atoms with E-state index in [1.807, 2.05) is 77.6 Å². The van der Waals surface area contributed by atoms with Crippen molar-refractivity contribution >= 4 is 12.0 Å². The Labute approximate surface area is 187 Å². The molecule has 0 aliphatic carbocycles. The minimum Gasteiger partial charge on any atom is -0.497 e. The second-order valence-corrected chi connectivity index (χ2v) is 8.06. The number of nitrogens with zero attached hydrogens (tertiary/aromatic N) is 2. The predicted molar refractivity (Wildman–Crippen MR) is 128 cm³/mol. The molecule has 0 N–H and O–H groups in total. The van der Waals surface area contributed by atoms with E-state index in [9.17, 15) is 4.79 Å². The van der Waals surface area contributed by atoms with Gasteiger partial charge in [-0.2, -0.15) is 0 Å². The van der Waals surface area contributed by atoms with Crippen LogP contribution in [-0.2, 0) is 0 Å². The van der Waals surface area contributed by atoms with Crippen LogP contribution in [0.15, 0.2) is 96.1 Å². The maximum atomic E-state index is 14.1. The van der Waals surface area contributed by atoms with Crippen molar-refractivity contribution in [2.75, 3.05) is 7.11 Å². The monoisotopic (exact) mass is 420 g/mol. The topological polar surface area (TPSA) is 43.6 Å². The third kappa shape index (κ3) is 3.54. The van der Waals surface area contributed by atoms with Gasteiger partial charge >= 0.3 is 0 Å². The second-order valence-electron chi connectivity index (χ2n) is 8.06. The highest BCUT2D eigenvalue weighted by Crippen LogP contribution is 2.38. The normalized spacial score (nSPS) is 17.1. The van der Waals surface area contributed by atoms with Gasteiger partial charge in [0.15, 0.2) is 5.78 Å². The summed E-state index contributed by atoms with van der Waals surface area (Å²) >= 11 is 0. The number of ether oxygens (including phenoxy) is 1. The van der Waals surface area contributed by atoms with E-state index >= 15 is 0 Å². The van der Waals surface area contributed by atoms with Crippen molar-refractivity contribution in [2.45, 2.75) is 19.0 Å². The third-order valence-corrected chi connectivity index (χ3v) is 6.06. The maximum absolute atomic E-state index is 14.1. The summed E-state index contributed by atoms with van der Waals surface area (Å²) in [6, 6.07) is 27.1. The lowest BCUT2D eigenvalue weighted by atomic mass is 9.88. The Morgan fingerprint density at radius 3 is 2.41 bits per heavy atom. The van der Waals surface area contributed by atoms with Gasteiger partial charge in [0, 0.05) is 18.0 Å². The number of hydrogen-bond donors (Lipinski definition) is 0. The lowest BCUT2D eigenvalue weighted by Crippen LogP contribution is -2.29. The van der Waals surface area contributed by atoms with Gasteiger partial charge < -0.3 is 9.30 Å². The summed E-state index contributed by atoms with van der Waals surface area (Å²) in [5.74, 6) is 0.840. The fourth-order valence-electron chi connectivity index (χ4n) is 4.34. The summed E-state index contributed by atoms with van der Waals surface area (Å²) in [5, 5.41) is 0. The number of carbonyl (C=O) groups excluding carboxylic acids is 1. The Hall–Kier alpha value is -3.92. The number of benzene rings is 3. The van der Waals surface area contributed by atoms with Crippen LogP contribution in [0.2, 0.25) is 0 Å². The molecule has 0 radical (unpaired) electrons. The molecule has 3 aromatic carbocycles. The molecule has 1 aromatic heterocycles. The highest BCUT2D eigenvalue weighted by Gasteiger charge is 2.35. The molecule has 0 saturated carbocycles. The molecule has 0 amide bonds. The fourth-order valence-corrected chi connectivity index (χ4v) is 4.34. The number of aromatic nitrogens is 1. The standard InChI is InChI=1S/C28H24N2O2/c1-19-9-11-21(12-10-19)26-27(30-17-5-6-22(30)18-29-26)28(31)25-8-4-3-7-24(25)20-13-15-23(32-2)16-14-20/h3-18,26-27H,1-2H3/t26-,27+/m1/s1. The van der Waals surface area contributed by atoms with Crippen molar-refractivity contribution in [3.05, 3.63) is 114 Å². The number of methoxy groups -OCH3 is 1. The number of aryl methyl sites for hydroxylation is 1. The molecular weight excluding hydrogens is 396 g/mol. The van der Waals surface area contributed by atoms with Crippen LogP contribution in [0.3, 0.4) is 0 Å². The minimum atomic E-state index is -0.452. The number of ketones is 1. The van der Waals surface area contributed by atoms with Gasteiger partial charge in [0.1, 0.15) is 17.8 Å². The van der Waals surface area contributed by atoms with Crippen LogP contribution in [-0.4, -0.2) is 23.7 Å². The van der Waals surface area contributed by atoms with E-state index in [4.69, 9.17) is 9.73 Å². The SMILES string of the molecule is COc1ccc(-c2ccccc2C(=O)[C@@H]2[C@@H](c3ccc(C)cc3)N=Cc3cccn32)cc1. The Bertz CT molecular complexity index is 1280. The number of aliphatic imine (C=N–C) groups is 1. The Morgan fingerprint density at radius 2 is 1.66 bits per heavy atom. The van der Waals surface area contributed by atoms with E-state index in [2.05, 4.69) is 31.2 Å². The first-order chi connectivity index (χ1) is 15.7. The molecule has 4 aromatic rings. The van der Waals surface area contributed by atoms with E-state index in [-0.39, 0.29) is 11.8 Å². The van der Waals surface area contributed by atoms with Crippen LogP contribution < -0.4 is 4.74 Å². The molecule has 5 rings (SSSR count). The second kappa shape index (κ2) is 8.31. The number of rotatable bonds is 5. The minimum absolute atomic E-state index is 0.0521. The van der Waals surface area contributed by atoms with E-state index in [0.29, 0.717) is 5.56 Å². The van der Waals surface area contributed by atoms with E-state index in [0.717, 1.165) is 28.1 Å². The Kier molecular flexibility index (Phi) is 5.20. The van der Waals surface area contributed by atoms with Gasteiger partial charge in [-0.1, -0.05) is 66.2 Å². The zero-order chi connectivity index (χ0) is 22.1. The van der Waals surface area contributed by atoms with Crippen LogP contribution in [0.4, 0.5) is 0 Å². The summed E-state index contributed by atoms with van der Waals surface area (Å²) in [5.41, 5.74) is 5.74. The van der Waals surface area contributed by atoms with Crippen LogP contribution in [0.1, 0.15) is 39.3 Å². The number of carbonyl (C=O) groups is 1. The first-order valence-electron chi connectivity index (χ1n) is 10.7. The van der Waals surface area contributed by atoms with Crippen LogP contribution in [0.25, 0.3) is 11.1 Å². The van der Waals surface area contributed by atoms with Gasteiger partial charge in [-0.05, 0) is 47.9 Å². The first-order valence-corrected chi connectivity index (χ1v) is 10.7. The Morgan fingerprint density at radius 1 is 0.906 bits per heavy atom. The van der Waals surface area contributed by atoms with Crippen LogP contribution in [0.5, 0.6) is 5.75 Å². The lowest BCUT2D eigenvalue weighted by molar-refractivity contribution is 0.0906. The van der Waals surface area contributed by atoms with Crippen molar-refractivity contribution in [2.24, 2.45) is 4.99 Å². The largest absolute Gasteiger partial charge is 0.497 e. The van der Waals surface area contributed by atoms with Crippen molar-refractivity contribution < 1.29 is 9.53 Å². The highest BCUT2D eigenvalue weighted by atomic mass is 16.5. The van der Waals surface area contributed by atoms with Crippen molar-refractivity contribution in [1.82, 2.24) is 4.57 Å².